The maximum Gasteiger partial charge on any atom is 0.322 e. The van der Waals surface area contributed by atoms with Gasteiger partial charge in [-0.1, -0.05) is 6.07 Å². The van der Waals surface area contributed by atoms with Gasteiger partial charge in [-0.3, -0.25) is 4.79 Å². The summed E-state index contributed by atoms with van der Waals surface area (Å²) in [6, 6.07) is 5.72. The van der Waals surface area contributed by atoms with E-state index in [2.05, 4.69) is 27.9 Å². The molecule has 0 amide bonds. The first-order valence-corrected chi connectivity index (χ1v) is 6.35. The molecule has 5 nitrogen and oxygen atoms in total. The van der Waals surface area contributed by atoms with Crippen molar-refractivity contribution < 1.29 is 9.53 Å². The van der Waals surface area contributed by atoms with Gasteiger partial charge in [0.05, 0.1) is 24.5 Å². The monoisotopic (exact) mass is 261 g/mol. The molecular formula is C14H19N3O2. The van der Waals surface area contributed by atoms with Crippen LogP contribution >= 0.6 is 0 Å². The molecule has 1 heterocycles. The fourth-order valence-electron chi connectivity index (χ4n) is 2.13. The van der Waals surface area contributed by atoms with Crippen molar-refractivity contribution in [2.24, 2.45) is 12.8 Å². The van der Waals surface area contributed by atoms with Crippen molar-refractivity contribution in [1.82, 2.24) is 9.55 Å². The number of imidazole rings is 1. The number of carbonyl (C=O) groups is 1. The van der Waals surface area contributed by atoms with Crippen LogP contribution < -0.4 is 5.73 Å². The van der Waals surface area contributed by atoms with Gasteiger partial charge in [-0.25, -0.2) is 4.98 Å². The number of esters is 1. The molecule has 2 rings (SSSR count). The maximum atomic E-state index is 11.2. The molecule has 0 spiro atoms. The van der Waals surface area contributed by atoms with Gasteiger partial charge < -0.3 is 15.0 Å². The number of fused-ring (bicyclic) bond motifs is 1. The highest BCUT2D eigenvalue weighted by atomic mass is 16.5. The number of nitrogens with zero attached hydrogens (tertiary/aromatic N) is 2. The van der Waals surface area contributed by atoms with Gasteiger partial charge in [-0.05, 0) is 37.0 Å². The van der Waals surface area contributed by atoms with E-state index in [1.807, 2.05) is 17.9 Å². The molecule has 0 radical (unpaired) electrons. The zero-order valence-electron chi connectivity index (χ0n) is 11.3. The molecule has 0 aliphatic heterocycles. The van der Waals surface area contributed by atoms with Crippen molar-refractivity contribution in [2.45, 2.75) is 25.3 Å². The number of nitrogens with two attached hydrogens (primary N) is 1. The minimum atomic E-state index is -0.524. The predicted molar refractivity (Wildman–Crippen MR) is 73.6 cm³/mol. The Morgan fingerprint density at radius 2 is 2.32 bits per heavy atom. The minimum Gasteiger partial charge on any atom is -0.468 e. The number of methoxy groups -OCH3 is 1. The summed E-state index contributed by atoms with van der Waals surface area (Å²) < 4.78 is 6.59. The lowest BCUT2D eigenvalue weighted by Gasteiger charge is -2.08. The van der Waals surface area contributed by atoms with Gasteiger partial charge in [0.2, 0.25) is 0 Å². The topological polar surface area (TPSA) is 70.1 Å². The lowest BCUT2D eigenvalue weighted by molar-refractivity contribution is -0.142. The molecule has 0 saturated carbocycles. The summed E-state index contributed by atoms with van der Waals surface area (Å²) in [6.07, 6.45) is 4.18. The van der Waals surface area contributed by atoms with Crippen molar-refractivity contribution in [1.29, 1.82) is 0 Å². The molecule has 102 valence electrons. The Labute approximate surface area is 112 Å². The van der Waals surface area contributed by atoms with Gasteiger partial charge in [0.15, 0.2) is 0 Å². The van der Waals surface area contributed by atoms with Crippen LogP contribution in [0.5, 0.6) is 0 Å². The first-order chi connectivity index (χ1) is 9.11. The lowest BCUT2D eigenvalue weighted by atomic mass is 10.0. The molecule has 1 unspecified atom stereocenters. The number of aryl methyl sites for hydroxylation is 2. The van der Waals surface area contributed by atoms with E-state index in [-0.39, 0.29) is 5.97 Å². The van der Waals surface area contributed by atoms with E-state index >= 15 is 0 Å². The normalized spacial score (nSPS) is 12.6. The molecule has 2 N–H and O–H groups in total. The number of ether oxygens (including phenoxy) is 1. The molecule has 0 fully saturated rings. The van der Waals surface area contributed by atoms with Crippen molar-refractivity contribution in [3.63, 3.8) is 0 Å². The molecule has 1 aromatic heterocycles. The standard InChI is InChI=1S/C14H19N3O2/c1-17-9-16-12-8-10(6-7-13(12)17)4-3-5-11(15)14(18)19-2/h6-9,11H,3-5,15H2,1-2H3. The molecule has 1 atom stereocenters. The number of carbonyl (C=O) groups excluding carboxylic acids is 1. The maximum absolute atomic E-state index is 11.2. The summed E-state index contributed by atoms with van der Waals surface area (Å²) >= 11 is 0. The van der Waals surface area contributed by atoms with Crippen molar-refractivity contribution in [3.8, 4) is 0 Å². The Morgan fingerprint density at radius 1 is 1.53 bits per heavy atom. The lowest BCUT2D eigenvalue weighted by Crippen LogP contribution is -2.31. The SMILES string of the molecule is COC(=O)C(N)CCCc1ccc2c(c1)ncn2C. The summed E-state index contributed by atoms with van der Waals surface area (Å²) in [6.45, 7) is 0. The van der Waals surface area contributed by atoms with Crippen LogP contribution in [0.4, 0.5) is 0 Å². The third-order valence-electron chi connectivity index (χ3n) is 3.27. The van der Waals surface area contributed by atoms with E-state index in [9.17, 15) is 4.79 Å². The predicted octanol–water partition coefficient (Wildman–Crippen LogP) is 1.40. The summed E-state index contributed by atoms with van der Waals surface area (Å²) in [5.74, 6) is -0.347. The highest BCUT2D eigenvalue weighted by Crippen LogP contribution is 2.15. The molecule has 0 bridgehead atoms. The Bertz CT molecular complexity index is 577. The highest BCUT2D eigenvalue weighted by Gasteiger charge is 2.12. The van der Waals surface area contributed by atoms with Crippen LogP contribution in [-0.2, 0) is 23.0 Å². The molecular weight excluding hydrogens is 242 g/mol. The van der Waals surface area contributed by atoms with Crippen LogP contribution in [0.3, 0.4) is 0 Å². The third kappa shape index (κ3) is 3.12. The summed E-state index contributed by atoms with van der Waals surface area (Å²) in [5.41, 5.74) is 9.02. The van der Waals surface area contributed by atoms with Crippen molar-refractivity contribution >= 4 is 17.0 Å². The van der Waals surface area contributed by atoms with E-state index in [4.69, 9.17) is 5.73 Å². The van der Waals surface area contributed by atoms with E-state index in [0.717, 1.165) is 23.9 Å². The van der Waals surface area contributed by atoms with Gasteiger partial charge >= 0.3 is 5.97 Å². The molecule has 2 aromatic rings. The average Bonchev–Trinajstić information content (AvgIpc) is 2.79. The Kier molecular flexibility index (Phi) is 4.16. The molecule has 0 aliphatic carbocycles. The molecule has 0 aliphatic rings. The van der Waals surface area contributed by atoms with E-state index < -0.39 is 6.04 Å². The van der Waals surface area contributed by atoms with Gasteiger partial charge in [0, 0.05) is 7.05 Å². The summed E-state index contributed by atoms with van der Waals surface area (Å²) in [4.78, 5) is 15.5. The van der Waals surface area contributed by atoms with Crippen LogP contribution in [0.1, 0.15) is 18.4 Å². The first-order valence-electron chi connectivity index (χ1n) is 6.35. The van der Waals surface area contributed by atoms with E-state index in [0.29, 0.717) is 6.42 Å². The second-order valence-corrected chi connectivity index (χ2v) is 4.70. The largest absolute Gasteiger partial charge is 0.468 e. The second-order valence-electron chi connectivity index (χ2n) is 4.70. The van der Waals surface area contributed by atoms with Crippen molar-refractivity contribution in [2.75, 3.05) is 7.11 Å². The smallest absolute Gasteiger partial charge is 0.322 e. The molecule has 1 aromatic carbocycles. The first kappa shape index (κ1) is 13.5. The zero-order valence-corrected chi connectivity index (χ0v) is 11.3. The Balaban J connectivity index is 1.93. The minimum absolute atomic E-state index is 0.347. The second kappa shape index (κ2) is 5.84. The molecule has 19 heavy (non-hydrogen) atoms. The fourth-order valence-corrected chi connectivity index (χ4v) is 2.13. The van der Waals surface area contributed by atoms with Gasteiger partial charge in [-0.2, -0.15) is 0 Å². The van der Waals surface area contributed by atoms with Crippen LogP contribution in [0.15, 0.2) is 24.5 Å². The molecule has 0 saturated heterocycles. The van der Waals surface area contributed by atoms with Gasteiger partial charge in [0.1, 0.15) is 6.04 Å². The summed E-state index contributed by atoms with van der Waals surface area (Å²) in [5, 5.41) is 0. The van der Waals surface area contributed by atoms with E-state index in [1.165, 1.54) is 12.7 Å². The third-order valence-corrected chi connectivity index (χ3v) is 3.27. The number of aromatic nitrogens is 2. The van der Waals surface area contributed by atoms with Crippen molar-refractivity contribution in [3.05, 3.63) is 30.1 Å². The van der Waals surface area contributed by atoms with Crippen LogP contribution in [0.25, 0.3) is 11.0 Å². The number of hydrogen-bond donors (Lipinski definition) is 1. The Morgan fingerprint density at radius 3 is 3.05 bits per heavy atom. The quantitative estimate of drug-likeness (QED) is 0.826. The average molecular weight is 261 g/mol. The fraction of sp³-hybridized carbons (Fsp3) is 0.429. The van der Waals surface area contributed by atoms with Crippen LogP contribution in [0, 0.1) is 0 Å². The van der Waals surface area contributed by atoms with Crippen LogP contribution in [-0.4, -0.2) is 28.7 Å². The highest BCUT2D eigenvalue weighted by molar-refractivity contribution is 5.76. The number of hydrogen-bond acceptors (Lipinski definition) is 4. The van der Waals surface area contributed by atoms with Crippen LogP contribution in [0.2, 0.25) is 0 Å². The number of rotatable bonds is 5. The Hall–Kier alpha value is -1.88. The van der Waals surface area contributed by atoms with E-state index in [1.54, 1.807) is 0 Å². The van der Waals surface area contributed by atoms with Gasteiger partial charge in [0.25, 0.3) is 0 Å². The number of benzene rings is 1. The molecule has 5 heteroatoms. The summed E-state index contributed by atoms with van der Waals surface area (Å²) in [7, 11) is 3.33. The van der Waals surface area contributed by atoms with Gasteiger partial charge in [-0.15, -0.1) is 0 Å². The zero-order chi connectivity index (χ0) is 13.8.